The first-order valence-electron chi connectivity index (χ1n) is 6.58. The minimum absolute atomic E-state index is 0. The molecule has 0 spiro atoms. The molecule has 0 rings (SSSR count). The molecule has 0 fully saturated rings. The van der Waals surface area contributed by atoms with Crippen molar-refractivity contribution in [2.24, 2.45) is 0 Å². The Morgan fingerprint density at radius 2 is 1.05 bits per heavy atom. The van der Waals surface area contributed by atoms with Gasteiger partial charge >= 0.3 is 154 Å². The van der Waals surface area contributed by atoms with Crippen molar-refractivity contribution >= 4 is 14.1 Å². The fourth-order valence-corrected chi connectivity index (χ4v) is 1.54. The van der Waals surface area contributed by atoms with Crippen LogP contribution in [0.5, 0.6) is 0 Å². The van der Waals surface area contributed by atoms with E-state index in [1.165, 1.54) is 51.4 Å². The molecule has 0 aromatic carbocycles. The van der Waals surface area contributed by atoms with E-state index in [0.29, 0.717) is 0 Å². The summed E-state index contributed by atoms with van der Waals surface area (Å²) in [6.07, 6.45) is 13.7. The molecule has 0 aliphatic heterocycles. The van der Waals surface area contributed by atoms with E-state index in [2.05, 4.69) is 6.92 Å². The van der Waals surface area contributed by atoms with Crippen LogP contribution in [-0.2, 0) is 9.36 Å². The van der Waals surface area contributed by atoms with Crippen LogP contribution < -0.4 is 169 Å². The van der Waals surface area contributed by atoms with Crippen LogP contribution in [0.4, 0.5) is 0 Å². The van der Waals surface area contributed by atoms with Crippen LogP contribution in [0.1, 0.15) is 71.1 Å². The van der Waals surface area contributed by atoms with E-state index in [1.54, 1.807) is 0 Å². The van der Waals surface area contributed by atoms with Crippen LogP contribution in [-0.4, -0.2) is 6.29 Å². The third-order valence-corrected chi connectivity index (χ3v) is 2.43. The van der Waals surface area contributed by atoms with Gasteiger partial charge in [-0.15, -0.1) is 0 Å². The smallest absolute Gasteiger partial charge is 0.822 e. The Morgan fingerprint density at radius 1 is 0.762 bits per heavy atom. The van der Waals surface area contributed by atoms with Crippen LogP contribution in [0.25, 0.3) is 0 Å². The van der Waals surface area contributed by atoms with E-state index >= 15 is 0 Å². The summed E-state index contributed by atoms with van der Waals surface area (Å²) in [6.45, 7) is 2.25. The summed E-state index contributed by atoms with van der Waals surface area (Å²) in [7, 11) is -5.39. The van der Waals surface area contributed by atoms with Gasteiger partial charge in [-0.25, -0.2) is 0 Å². The van der Waals surface area contributed by atoms with Gasteiger partial charge in [0.05, 0.1) is 0 Å². The van der Waals surface area contributed by atoms with Gasteiger partial charge in [-0.1, -0.05) is 58.3 Å². The number of carbonyl (C=O) groups excluding carboxylic acids is 1. The van der Waals surface area contributed by atoms with Crippen LogP contribution in [0.3, 0.4) is 0 Å². The third kappa shape index (κ3) is 58.9. The van der Waals surface area contributed by atoms with E-state index < -0.39 is 7.82 Å². The molecule has 0 N–H and O–H groups in total. The van der Waals surface area contributed by atoms with Crippen molar-refractivity contribution in [2.75, 3.05) is 0 Å². The molecule has 110 valence electrons. The molecule has 21 heavy (non-hydrogen) atoms. The standard InChI is InChI=1S/C12H24O.3K.H3O4P/c1-2-3-4-5-6-7-8-9-10-11-12-13;;;;1-5(2,3)4/h12H,2-11H2,1H3;;;;(H3,1,2,3,4)/q;3*+1;/p-3. The van der Waals surface area contributed by atoms with E-state index in [9.17, 15) is 4.79 Å². The summed E-state index contributed by atoms with van der Waals surface area (Å²) >= 11 is 0. The van der Waals surface area contributed by atoms with Crippen LogP contribution in [0.2, 0.25) is 0 Å². The van der Waals surface area contributed by atoms with Crippen molar-refractivity contribution in [3.05, 3.63) is 0 Å². The molecule has 0 unspecified atom stereocenters. The predicted octanol–water partition coefficient (Wildman–Crippen LogP) is -7.71. The van der Waals surface area contributed by atoms with E-state index in [-0.39, 0.29) is 154 Å². The number of rotatable bonds is 10. The van der Waals surface area contributed by atoms with Crippen molar-refractivity contribution in [3.63, 3.8) is 0 Å². The number of phosphoric acid groups is 1. The summed E-state index contributed by atoms with van der Waals surface area (Å²) in [5, 5.41) is 0. The minimum Gasteiger partial charge on any atom is -0.822 e. The molecule has 0 saturated heterocycles. The zero-order valence-electron chi connectivity index (χ0n) is 14.1. The van der Waals surface area contributed by atoms with Crippen molar-refractivity contribution in [2.45, 2.75) is 71.1 Å². The fourth-order valence-electron chi connectivity index (χ4n) is 1.54. The van der Waals surface area contributed by atoms with Gasteiger partial charge in [0.2, 0.25) is 0 Å². The number of aldehydes is 1. The predicted molar refractivity (Wildman–Crippen MR) is 65.5 cm³/mol. The molecule has 0 amide bonds. The molecule has 5 nitrogen and oxygen atoms in total. The maximum Gasteiger partial charge on any atom is 1.00 e. The molecular formula is C12H24K3O5P. The first-order chi connectivity index (χ1) is 8.41. The second kappa shape index (κ2) is 29.5. The minimum atomic E-state index is -5.39. The largest absolute Gasteiger partial charge is 1.00 e. The van der Waals surface area contributed by atoms with Crippen LogP contribution in [0, 0.1) is 0 Å². The Labute approximate surface area is 257 Å². The zero-order chi connectivity index (χ0) is 14.3. The molecule has 0 aromatic rings. The Morgan fingerprint density at radius 3 is 1.33 bits per heavy atom. The first-order valence-corrected chi connectivity index (χ1v) is 8.04. The van der Waals surface area contributed by atoms with Crippen molar-refractivity contribution in [3.8, 4) is 0 Å². The Balaban J connectivity index is -0.0000000933. The average Bonchev–Trinajstić information content (AvgIpc) is 2.25. The van der Waals surface area contributed by atoms with Gasteiger partial charge in [-0.2, -0.15) is 7.82 Å². The SMILES string of the molecule is CCCCCCCCCCCC=O.O=P([O-])([O-])[O-].[K+].[K+].[K+]. The summed E-state index contributed by atoms with van der Waals surface area (Å²) in [5.41, 5.74) is 0. The number of carbonyl (C=O) groups is 1. The summed E-state index contributed by atoms with van der Waals surface area (Å²) in [5.74, 6) is 0. The Bertz CT molecular complexity index is 219. The van der Waals surface area contributed by atoms with Gasteiger partial charge in [-0.05, 0) is 6.42 Å². The number of unbranched alkanes of at least 4 members (excludes halogenated alkanes) is 9. The van der Waals surface area contributed by atoms with E-state index in [0.717, 1.165) is 19.1 Å². The molecule has 0 heterocycles. The zero-order valence-corrected chi connectivity index (χ0v) is 24.4. The number of hydrogen-bond donors (Lipinski definition) is 0. The van der Waals surface area contributed by atoms with E-state index in [4.69, 9.17) is 19.2 Å². The molecule has 0 saturated carbocycles. The summed E-state index contributed by atoms with van der Waals surface area (Å²) < 4.78 is 8.55. The molecule has 0 bridgehead atoms. The molecule has 0 atom stereocenters. The van der Waals surface area contributed by atoms with Gasteiger partial charge in [0.25, 0.3) is 0 Å². The summed E-state index contributed by atoms with van der Waals surface area (Å²) in [4.78, 5) is 35.7. The van der Waals surface area contributed by atoms with Gasteiger partial charge in [0.1, 0.15) is 6.29 Å². The van der Waals surface area contributed by atoms with Crippen molar-refractivity contribution < 1.29 is 178 Å². The molecule has 0 aromatic heterocycles. The van der Waals surface area contributed by atoms with Gasteiger partial charge < -0.3 is 24.0 Å². The monoisotopic (exact) mass is 396 g/mol. The van der Waals surface area contributed by atoms with Crippen LogP contribution in [0.15, 0.2) is 0 Å². The Hall–Kier alpha value is 4.69. The van der Waals surface area contributed by atoms with E-state index in [1.807, 2.05) is 0 Å². The quantitative estimate of drug-likeness (QED) is 0.158. The second-order valence-corrected chi connectivity index (χ2v) is 5.13. The fraction of sp³-hybridized carbons (Fsp3) is 0.917. The maximum absolute atomic E-state index is 10.0. The second-order valence-electron chi connectivity index (χ2n) is 4.23. The third-order valence-electron chi connectivity index (χ3n) is 2.43. The van der Waals surface area contributed by atoms with Gasteiger partial charge in [-0.3, -0.25) is 0 Å². The number of hydrogen-bond acceptors (Lipinski definition) is 5. The topological polar surface area (TPSA) is 103 Å². The Kier molecular flexibility index (Phi) is 51.3. The van der Waals surface area contributed by atoms with Gasteiger partial charge in [0, 0.05) is 6.42 Å². The normalized spacial score (nSPS) is 9.14. The maximum atomic E-state index is 10.0. The van der Waals surface area contributed by atoms with Crippen molar-refractivity contribution in [1.82, 2.24) is 0 Å². The molecule has 9 heteroatoms. The molecule has 0 aliphatic rings. The van der Waals surface area contributed by atoms with Crippen LogP contribution >= 0.6 is 7.82 Å². The molecule has 0 aliphatic carbocycles. The van der Waals surface area contributed by atoms with Gasteiger partial charge in [0.15, 0.2) is 0 Å². The average molecular weight is 397 g/mol. The molecule has 0 radical (unpaired) electrons. The summed E-state index contributed by atoms with van der Waals surface area (Å²) in [6, 6.07) is 0. The first kappa shape index (κ1) is 36.6. The molecular weight excluding hydrogens is 372 g/mol. The van der Waals surface area contributed by atoms with Crippen molar-refractivity contribution in [1.29, 1.82) is 0 Å².